The Morgan fingerprint density at radius 3 is 2.24 bits per heavy atom. The average molecular weight is 516 g/mol. The van der Waals surface area contributed by atoms with Crippen LogP contribution in [-0.4, -0.2) is 52.8 Å². The minimum atomic E-state index is -1.94. The van der Waals surface area contributed by atoms with E-state index in [0.717, 1.165) is 5.56 Å². The first-order valence-electron chi connectivity index (χ1n) is 12.3. The number of rotatable bonds is 6. The maximum absolute atomic E-state index is 12.9. The van der Waals surface area contributed by atoms with Gasteiger partial charge in [0, 0.05) is 18.1 Å². The second kappa shape index (κ2) is 8.75. The summed E-state index contributed by atoms with van der Waals surface area (Å²) in [4.78, 5) is 4.59. The average Bonchev–Trinajstić information content (AvgIpc) is 3.55. The molecule has 9 heteroatoms. The lowest BCUT2D eigenvalue weighted by Crippen LogP contribution is -2.52. The number of aliphatic hydroxyl groups excluding tert-OH is 1. The monoisotopic (exact) mass is 515 g/mol. The van der Waals surface area contributed by atoms with Gasteiger partial charge >= 0.3 is 0 Å². The Kier molecular flexibility index (Phi) is 5.59. The molecule has 6 rings (SSSR count). The number of hydrogen-bond donors (Lipinski definition) is 3. The van der Waals surface area contributed by atoms with Crippen molar-refractivity contribution >= 4 is 0 Å². The van der Waals surface area contributed by atoms with Crippen molar-refractivity contribution in [2.75, 3.05) is 21.3 Å². The van der Waals surface area contributed by atoms with E-state index in [1.165, 1.54) is 7.11 Å². The van der Waals surface area contributed by atoms with Gasteiger partial charge in [0.05, 0.1) is 32.8 Å². The zero-order chi connectivity index (χ0) is 26.7. The Hall–Kier alpha value is -4.08. The van der Waals surface area contributed by atoms with Crippen LogP contribution >= 0.6 is 0 Å². The summed E-state index contributed by atoms with van der Waals surface area (Å²) < 4.78 is 23.5. The maximum atomic E-state index is 12.9. The first-order chi connectivity index (χ1) is 18.4. The summed E-state index contributed by atoms with van der Waals surface area (Å²) in [5, 5.41) is 32.4. The number of aromatic nitrogens is 3. The van der Waals surface area contributed by atoms with Gasteiger partial charge < -0.3 is 29.2 Å². The summed E-state index contributed by atoms with van der Waals surface area (Å²) in [6.07, 6.45) is -1.36. The highest BCUT2D eigenvalue weighted by Crippen LogP contribution is 2.71. The third-order valence-corrected chi connectivity index (χ3v) is 7.89. The first-order valence-corrected chi connectivity index (χ1v) is 12.3. The normalized spacial score (nSPS) is 27.4. The van der Waals surface area contributed by atoms with Crippen LogP contribution in [0.3, 0.4) is 0 Å². The Morgan fingerprint density at radius 1 is 0.921 bits per heavy atom. The van der Waals surface area contributed by atoms with E-state index in [2.05, 4.69) is 15.2 Å². The van der Waals surface area contributed by atoms with Crippen LogP contribution in [0.25, 0.3) is 0 Å². The van der Waals surface area contributed by atoms with Crippen molar-refractivity contribution in [3.63, 3.8) is 0 Å². The fourth-order valence-corrected chi connectivity index (χ4v) is 6.32. The number of benzene rings is 3. The number of ether oxygens (including phenoxy) is 4. The smallest absolute Gasteiger partial charge is 0.177 e. The van der Waals surface area contributed by atoms with Crippen molar-refractivity contribution in [1.82, 2.24) is 15.2 Å². The van der Waals surface area contributed by atoms with E-state index in [-0.39, 0.29) is 0 Å². The topological polar surface area (TPSA) is 119 Å². The molecule has 0 spiro atoms. The molecule has 4 aromatic rings. The lowest BCUT2D eigenvalue weighted by Gasteiger charge is -2.40. The number of aliphatic hydroxyl groups is 2. The highest BCUT2D eigenvalue weighted by molar-refractivity contribution is 5.63. The van der Waals surface area contributed by atoms with Crippen LogP contribution in [0, 0.1) is 6.92 Å². The van der Waals surface area contributed by atoms with Crippen molar-refractivity contribution in [2.24, 2.45) is 0 Å². The van der Waals surface area contributed by atoms with Crippen molar-refractivity contribution in [2.45, 2.75) is 36.1 Å². The van der Waals surface area contributed by atoms with Gasteiger partial charge in [-0.15, -0.1) is 0 Å². The molecule has 38 heavy (non-hydrogen) atoms. The van der Waals surface area contributed by atoms with E-state index >= 15 is 0 Å². The predicted molar refractivity (Wildman–Crippen MR) is 138 cm³/mol. The fraction of sp³-hybridized carbons (Fsp3) is 0.310. The van der Waals surface area contributed by atoms with E-state index in [4.69, 9.17) is 18.9 Å². The summed E-state index contributed by atoms with van der Waals surface area (Å²) in [6.45, 7) is 1.77. The van der Waals surface area contributed by atoms with Crippen LogP contribution in [0.15, 0.2) is 66.7 Å². The molecule has 0 bridgehead atoms. The first kappa shape index (κ1) is 24.3. The fourth-order valence-electron chi connectivity index (χ4n) is 6.32. The maximum Gasteiger partial charge on any atom is 0.177 e. The number of aryl methyl sites for hydroxylation is 1. The molecule has 196 valence electrons. The molecular weight excluding hydrogens is 486 g/mol. The molecule has 3 N–H and O–H groups in total. The van der Waals surface area contributed by atoms with E-state index in [1.54, 1.807) is 33.3 Å². The van der Waals surface area contributed by atoms with E-state index in [9.17, 15) is 10.2 Å². The van der Waals surface area contributed by atoms with Crippen LogP contribution in [0.1, 0.15) is 40.2 Å². The lowest BCUT2D eigenvalue weighted by atomic mass is 9.70. The molecule has 0 amide bonds. The molecule has 5 atom stereocenters. The molecule has 1 fully saturated rings. The molecule has 2 aliphatic rings. The van der Waals surface area contributed by atoms with E-state index < -0.39 is 29.1 Å². The highest BCUT2D eigenvalue weighted by atomic mass is 16.5. The van der Waals surface area contributed by atoms with Gasteiger partial charge in [-0.1, -0.05) is 42.5 Å². The number of hydrogen-bond acceptors (Lipinski definition) is 8. The van der Waals surface area contributed by atoms with Crippen LogP contribution < -0.4 is 18.9 Å². The second-order valence-electron chi connectivity index (χ2n) is 9.66. The molecule has 0 saturated heterocycles. The molecule has 1 aliphatic heterocycles. The molecule has 0 unspecified atom stereocenters. The summed E-state index contributed by atoms with van der Waals surface area (Å²) in [7, 11) is 4.66. The molecule has 1 saturated carbocycles. The van der Waals surface area contributed by atoms with Gasteiger partial charge in [0.15, 0.2) is 11.2 Å². The highest BCUT2D eigenvalue weighted by Gasteiger charge is 2.77. The third-order valence-electron chi connectivity index (χ3n) is 7.89. The van der Waals surface area contributed by atoms with Gasteiger partial charge in [0.2, 0.25) is 0 Å². The summed E-state index contributed by atoms with van der Waals surface area (Å²) in [5.74, 6) is 1.56. The summed E-state index contributed by atoms with van der Waals surface area (Å²) in [5.41, 5.74) is -1.56. The van der Waals surface area contributed by atoms with Gasteiger partial charge in [-0.25, -0.2) is 4.98 Å². The number of aromatic amines is 1. The SMILES string of the molecule is COc1ccc([C@@]23Oc4cc(OC)cc(OC)c4[C@]2(O)[C@H](O)[C@H](c2nc(C)n[nH]2)[C@H]3c2ccccc2)cc1. The minimum absolute atomic E-state index is 0.345. The van der Waals surface area contributed by atoms with E-state index in [1.807, 2.05) is 54.6 Å². The van der Waals surface area contributed by atoms with Gasteiger partial charge in [0.25, 0.3) is 0 Å². The van der Waals surface area contributed by atoms with Crippen LogP contribution in [0.4, 0.5) is 0 Å². The van der Waals surface area contributed by atoms with Crippen molar-refractivity contribution in [3.05, 3.63) is 95.1 Å². The molecule has 3 aromatic carbocycles. The Morgan fingerprint density at radius 2 is 1.63 bits per heavy atom. The number of methoxy groups -OCH3 is 3. The third kappa shape index (κ3) is 3.12. The lowest BCUT2D eigenvalue weighted by molar-refractivity contribution is -0.150. The van der Waals surface area contributed by atoms with E-state index in [0.29, 0.717) is 45.8 Å². The van der Waals surface area contributed by atoms with Crippen LogP contribution in [0.2, 0.25) is 0 Å². The van der Waals surface area contributed by atoms with Crippen molar-refractivity contribution in [1.29, 1.82) is 0 Å². The summed E-state index contributed by atoms with van der Waals surface area (Å²) >= 11 is 0. The predicted octanol–water partition coefficient (Wildman–Crippen LogP) is 3.56. The van der Waals surface area contributed by atoms with Crippen LogP contribution in [0.5, 0.6) is 23.0 Å². The molecule has 0 radical (unpaired) electrons. The van der Waals surface area contributed by atoms with Gasteiger partial charge in [0.1, 0.15) is 40.8 Å². The Balaban J connectivity index is 1.71. The Labute approximate surface area is 220 Å². The molecule has 1 aliphatic carbocycles. The van der Waals surface area contributed by atoms with Gasteiger partial charge in [-0.3, -0.25) is 5.10 Å². The number of fused-ring (bicyclic) bond motifs is 3. The van der Waals surface area contributed by atoms with Crippen LogP contribution in [-0.2, 0) is 11.2 Å². The molecular formula is C29H29N3O6. The summed E-state index contributed by atoms with van der Waals surface area (Å²) in [6, 6.07) is 20.4. The molecule has 1 aromatic heterocycles. The quantitative estimate of drug-likeness (QED) is 0.357. The largest absolute Gasteiger partial charge is 0.497 e. The molecule has 9 nitrogen and oxygen atoms in total. The Bertz CT molecular complexity index is 1470. The number of nitrogens with zero attached hydrogens (tertiary/aromatic N) is 2. The van der Waals surface area contributed by atoms with Crippen molar-refractivity contribution < 1.29 is 29.2 Å². The molecule has 2 heterocycles. The van der Waals surface area contributed by atoms with Crippen molar-refractivity contribution in [3.8, 4) is 23.0 Å². The minimum Gasteiger partial charge on any atom is -0.497 e. The second-order valence-corrected chi connectivity index (χ2v) is 9.66. The standard InChI is InChI=1S/C29H29N3O6/c1-16-30-27(32-31-16)23-24(17-8-6-5-7-9-17)29(18-10-12-19(35-2)13-11-18)28(34,26(23)33)25-21(37-4)14-20(36-3)15-22(25)38-29/h5-15,23-24,26,33-34H,1-4H3,(H,30,31,32)/t23-,24-,26-,28+,29+/m1/s1. The van der Waals surface area contributed by atoms with Gasteiger partial charge in [-0.2, -0.15) is 5.10 Å². The van der Waals surface area contributed by atoms with Gasteiger partial charge in [-0.05, 0) is 30.2 Å². The zero-order valence-corrected chi connectivity index (χ0v) is 21.5. The number of H-pyrrole nitrogens is 1. The number of nitrogens with one attached hydrogen (secondary N) is 1. The zero-order valence-electron chi connectivity index (χ0n) is 21.5.